The molecule has 2 aromatic rings. The van der Waals surface area contributed by atoms with E-state index in [9.17, 15) is 9.59 Å². The molecule has 142 valence electrons. The van der Waals surface area contributed by atoms with Gasteiger partial charge in [-0.25, -0.2) is 0 Å². The van der Waals surface area contributed by atoms with Crippen molar-refractivity contribution in [2.24, 2.45) is 0 Å². The summed E-state index contributed by atoms with van der Waals surface area (Å²) in [4.78, 5) is 29.3. The fraction of sp³-hybridized carbons (Fsp3) is 0.364. The molecule has 0 aromatic heterocycles. The summed E-state index contributed by atoms with van der Waals surface area (Å²) in [6, 6.07) is 11.2. The van der Waals surface area contributed by atoms with E-state index in [2.05, 4.69) is 13.0 Å². The molecular weight excluding hydrogens is 340 g/mol. The molecule has 0 atom stereocenters. The zero-order chi connectivity index (χ0) is 19.6. The van der Waals surface area contributed by atoms with Crippen molar-refractivity contribution in [2.75, 3.05) is 33.3 Å². The Morgan fingerprint density at radius 1 is 0.815 bits per heavy atom. The van der Waals surface area contributed by atoms with Crippen molar-refractivity contribution in [2.45, 2.75) is 20.8 Å². The number of rotatable bonds is 3. The SMILES string of the molecule is COc1cccc(C(=O)N2CCN(C(=O)c3cc(C)c(C)cc3C)CC2)c1. The molecule has 1 aliphatic heterocycles. The van der Waals surface area contributed by atoms with Crippen LogP contribution in [0.2, 0.25) is 0 Å². The molecule has 27 heavy (non-hydrogen) atoms. The largest absolute Gasteiger partial charge is 0.497 e. The standard InChI is InChI=1S/C22H26N2O3/c1-15-12-17(3)20(13-16(15)2)22(26)24-10-8-23(9-11-24)21(25)18-6-5-7-19(14-18)27-4/h5-7,12-14H,8-11H2,1-4H3. The molecule has 0 bridgehead atoms. The summed E-state index contributed by atoms with van der Waals surface area (Å²) in [5, 5.41) is 0. The van der Waals surface area contributed by atoms with E-state index < -0.39 is 0 Å². The predicted octanol–water partition coefficient (Wildman–Crippen LogP) is 3.22. The number of ether oxygens (including phenoxy) is 1. The lowest BCUT2D eigenvalue weighted by Gasteiger charge is -2.35. The maximum atomic E-state index is 12.9. The minimum atomic E-state index is -0.0247. The van der Waals surface area contributed by atoms with E-state index >= 15 is 0 Å². The van der Waals surface area contributed by atoms with Crippen LogP contribution >= 0.6 is 0 Å². The maximum Gasteiger partial charge on any atom is 0.254 e. The fourth-order valence-electron chi connectivity index (χ4n) is 3.41. The first kappa shape index (κ1) is 19.0. The van der Waals surface area contributed by atoms with Crippen LogP contribution in [-0.4, -0.2) is 54.9 Å². The summed E-state index contributed by atoms with van der Waals surface area (Å²) in [7, 11) is 1.59. The molecular formula is C22H26N2O3. The smallest absolute Gasteiger partial charge is 0.254 e. The highest BCUT2D eigenvalue weighted by molar-refractivity contribution is 5.97. The van der Waals surface area contributed by atoms with Gasteiger partial charge in [0.05, 0.1) is 7.11 Å². The van der Waals surface area contributed by atoms with E-state index in [4.69, 9.17) is 4.74 Å². The number of carbonyl (C=O) groups excluding carboxylic acids is 2. The maximum absolute atomic E-state index is 12.9. The second-order valence-corrected chi connectivity index (χ2v) is 7.07. The van der Waals surface area contributed by atoms with Gasteiger partial charge in [-0.3, -0.25) is 9.59 Å². The number of aryl methyl sites for hydroxylation is 3. The van der Waals surface area contributed by atoms with Gasteiger partial charge in [0, 0.05) is 37.3 Å². The number of nitrogens with zero attached hydrogens (tertiary/aromatic N) is 2. The summed E-state index contributed by atoms with van der Waals surface area (Å²) in [5.41, 5.74) is 4.68. The van der Waals surface area contributed by atoms with Crippen molar-refractivity contribution >= 4 is 11.8 Å². The third kappa shape index (κ3) is 3.97. The van der Waals surface area contributed by atoms with Crippen LogP contribution in [0.3, 0.4) is 0 Å². The van der Waals surface area contributed by atoms with Gasteiger partial charge in [0.2, 0.25) is 0 Å². The van der Waals surface area contributed by atoms with E-state index in [0.29, 0.717) is 37.5 Å². The van der Waals surface area contributed by atoms with Gasteiger partial charge in [-0.2, -0.15) is 0 Å². The quantitative estimate of drug-likeness (QED) is 0.838. The summed E-state index contributed by atoms with van der Waals surface area (Å²) in [6.45, 7) is 8.21. The number of benzene rings is 2. The van der Waals surface area contributed by atoms with Gasteiger partial charge < -0.3 is 14.5 Å². The molecule has 5 heteroatoms. The van der Waals surface area contributed by atoms with Crippen LogP contribution in [-0.2, 0) is 0 Å². The van der Waals surface area contributed by atoms with Crippen molar-refractivity contribution in [1.82, 2.24) is 9.80 Å². The van der Waals surface area contributed by atoms with Gasteiger partial charge in [0.25, 0.3) is 11.8 Å². The van der Waals surface area contributed by atoms with Crippen LogP contribution in [0.1, 0.15) is 37.4 Å². The lowest BCUT2D eigenvalue weighted by atomic mass is 10.00. The summed E-state index contributed by atoms with van der Waals surface area (Å²) >= 11 is 0. The fourth-order valence-corrected chi connectivity index (χ4v) is 3.41. The Kier molecular flexibility index (Phi) is 5.49. The number of piperazine rings is 1. The Morgan fingerprint density at radius 2 is 1.41 bits per heavy atom. The number of hydrogen-bond donors (Lipinski definition) is 0. The molecule has 3 rings (SSSR count). The molecule has 5 nitrogen and oxygen atoms in total. The molecule has 0 saturated carbocycles. The summed E-state index contributed by atoms with van der Waals surface area (Å²) in [5.74, 6) is 0.687. The molecule has 0 unspecified atom stereocenters. The van der Waals surface area contributed by atoms with Gasteiger partial charge in [0.15, 0.2) is 0 Å². The van der Waals surface area contributed by atoms with Gasteiger partial charge in [0.1, 0.15) is 5.75 Å². The van der Waals surface area contributed by atoms with E-state index in [1.165, 1.54) is 5.56 Å². The van der Waals surface area contributed by atoms with Crippen molar-refractivity contribution in [3.05, 3.63) is 64.2 Å². The number of hydrogen-bond acceptors (Lipinski definition) is 3. The normalized spacial score (nSPS) is 14.2. The first-order chi connectivity index (χ1) is 12.9. The molecule has 1 heterocycles. The molecule has 0 N–H and O–H groups in total. The monoisotopic (exact) mass is 366 g/mol. The molecule has 1 aliphatic rings. The van der Waals surface area contributed by atoms with Crippen molar-refractivity contribution in [3.8, 4) is 5.75 Å². The van der Waals surface area contributed by atoms with Crippen LogP contribution in [0.25, 0.3) is 0 Å². The Hall–Kier alpha value is -2.82. The van der Waals surface area contributed by atoms with Gasteiger partial charge >= 0.3 is 0 Å². The van der Waals surface area contributed by atoms with Gasteiger partial charge in [-0.15, -0.1) is 0 Å². The van der Waals surface area contributed by atoms with Crippen molar-refractivity contribution < 1.29 is 14.3 Å². The third-order valence-corrected chi connectivity index (χ3v) is 5.24. The number of amides is 2. The van der Waals surface area contributed by atoms with Crippen LogP contribution < -0.4 is 4.74 Å². The van der Waals surface area contributed by atoms with Gasteiger partial charge in [-0.05, 0) is 61.7 Å². The zero-order valence-corrected chi connectivity index (χ0v) is 16.4. The Bertz CT molecular complexity index is 868. The molecule has 2 amide bonds. The molecule has 1 saturated heterocycles. The van der Waals surface area contributed by atoms with Crippen LogP contribution in [0, 0.1) is 20.8 Å². The highest BCUT2D eigenvalue weighted by atomic mass is 16.5. The second kappa shape index (κ2) is 7.82. The zero-order valence-electron chi connectivity index (χ0n) is 16.4. The van der Waals surface area contributed by atoms with Crippen molar-refractivity contribution in [1.29, 1.82) is 0 Å². The van der Waals surface area contributed by atoms with Crippen molar-refractivity contribution in [3.63, 3.8) is 0 Å². The first-order valence-corrected chi connectivity index (χ1v) is 9.21. The number of methoxy groups -OCH3 is 1. The Morgan fingerprint density at radius 3 is 2.04 bits per heavy atom. The average Bonchev–Trinajstić information content (AvgIpc) is 2.70. The van der Waals surface area contributed by atoms with E-state index in [0.717, 1.165) is 16.7 Å². The topological polar surface area (TPSA) is 49.9 Å². The molecule has 0 radical (unpaired) electrons. The first-order valence-electron chi connectivity index (χ1n) is 9.21. The second-order valence-electron chi connectivity index (χ2n) is 7.07. The van der Waals surface area contributed by atoms with Crippen LogP contribution in [0.4, 0.5) is 0 Å². The van der Waals surface area contributed by atoms with E-state index in [-0.39, 0.29) is 11.8 Å². The third-order valence-electron chi connectivity index (χ3n) is 5.24. The lowest BCUT2D eigenvalue weighted by molar-refractivity contribution is 0.0535. The molecule has 0 spiro atoms. The average molecular weight is 366 g/mol. The minimum Gasteiger partial charge on any atom is -0.497 e. The van der Waals surface area contributed by atoms with Crippen LogP contribution in [0.5, 0.6) is 5.75 Å². The summed E-state index contributed by atoms with van der Waals surface area (Å²) in [6.07, 6.45) is 0. The summed E-state index contributed by atoms with van der Waals surface area (Å²) < 4.78 is 5.20. The highest BCUT2D eigenvalue weighted by Crippen LogP contribution is 2.19. The Balaban J connectivity index is 1.67. The van der Waals surface area contributed by atoms with E-state index in [1.54, 1.807) is 24.1 Å². The lowest BCUT2D eigenvalue weighted by Crippen LogP contribution is -2.50. The molecule has 2 aromatic carbocycles. The van der Waals surface area contributed by atoms with E-state index in [1.807, 2.05) is 36.9 Å². The predicted molar refractivity (Wildman–Crippen MR) is 105 cm³/mol. The number of carbonyl (C=O) groups is 2. The highest BCUT2D eigenvalue weighted by Gasteiger charge is 2.26. The molecule has 0 aliphatic carbocycles. The van der Waals surface area contributed by atoms with Gasteiger partial charge in [-0.1, -0.05) is 12.1 Å². The van der Waals surface area contributed by atoms with Crippen LogP contribution in [0.15, 0.2) is 36.4 Å². The Labute approximate surface area is 160 Å². The molecule has 1 fully saturated rings. The minimum absolute atomic E-state index is 0.0247.